The van der Waals surface area contributed by atoms with Crippen LogP contribution in [0.1, 0.15) is 33.5 Å². The lowest BCUT2D eigenvalue weighted by Gasteiger charge is -2.10. The van der Waals surface area contributed by atoms with Crippen LogP contribution in [-0.4, -0.2) is 39.1 Å². The van der Waals surface area contributed by atoms with Crippen molar-refractivity contribution in [1.29, 1.82) is 0 Å². The summed E-state index contributed by atoms with van der Waals surface area (Å²) in [7, 11) is 3.17. The Labute approximate surface area is 166 Å². The molecule has 0 aliphatic rings. The maximum Gasteiger partial charge on any atom is 0.251 e. The van der Waals surface area contributed by atoms with Crippen LogP contribution in [0.3, 0.4) is 0 Å². The van der Waals surface area contributed by atoms with Crippen molar-refractivity contribution in [2.24, 2.45) is 0 Å². The van der Waals surface area contributed by atoms with Gasteiger partial charge in [-0.15, -0.1) is 0 Å². The van der Waals surface area contributed by atoms with E-state index in [4.69, 9.17) is 9.47 Å². The van der Waals surface area contributed by atoms with Crippen molar-refractivity contribution in [3.05, 3.63) is 58.7 Å². The molecule has 0 aliphatic carbocycles. The lowest BCUT2D eigenvalue weighted by atomic mass is 10.1. The summed E-state index contributed by atoms with van der Waals surface area (Å²) in [5, 5.41) is 5.64. The molecular weight excluding hydrogens is 356 g/mol. The molecule has 6 nitrogen and oxygen atoms in total. The van der Waals surface area contributed by atoms with Gasteiger partial charge >= 0.3 is 0 Å². The number of carbonyl (C=O) groups is 2. The van der Waals surface area contributed by atoms with Crippen LogP contribution in [0.5, 0.6) is 11.5 Å². The Morgan fingerprint density at radius 1 is 0.857 bits per heavy atom. The average molecular weight is 384 g/mol. The Morgan fingerprint density at radius 2 is 1.57 bits per heavy atom. The van der Waals surface area contributed by atoms with Gasteiger partial charge in [0.1, 0.15) is 0 Å². The Morgan fingerprint density at radius 3 is 2.25 bits per heavy atom. The van der Waals surface area contributed by atoms with Gasteiger partial charge in [0.2, 0.25) is 5.91 Å². The van der Waals surface area contributed by atoms with E-state index in [1.165, 1.54) is 0 Å². The summed E-state index contributed by atoms with van der Waals surface area (Å²) >= 11 is 0. The molecule has 0 bridgehead atoms. The molecule has 2 aromatic rings. The molecule has 0 unspecified atom stereocenters. The quantitative estimate of drug-likeness (QED) is 0.652. The lowest BCUT2D eigenvalue weighted by Crippen LogP contribution is -2.34. The molecule has 0 spiro atoms. The largest absolute Gasteiger partial charge is 0.493 e. The van der Waals surface area contributed by atoms with Gasteiger partial charge in [-0.1, -0.05) is 12.1 Å². The van der Waals surface area contributed by atoms with Gasteiger partial charge in [-0.05, 0) is 61.2 Å². The summed E-state index contributed by atoms with van der Waals surface area (Å²) in [6.07, 6.45) is 0.960. The highest BCUT2D eigenvalue weighted by molar-refractivity contribution is 5.94. The molecular formula is C22H28N2O4. The number of rotatable bonds is 9. The molecule has 0 saturated heterocycles. The van der Waals surface area contributed by atoms with Crippen molar-refractivity contribution in [3.8, 4) is 11.5 Å². The molecule has 0 heterocycles. The number of hydrogen-bond acceptors (Lipinski definition) is 4. The summed E-state index contributed by atoms with van der Waals surface area (Å²) in [6.45, 7) is 4.76. The summed E-state index contributed by atoms with van der Waals surface area (Å²) in [4.78, 5) is 24.1. The smallest absolute Gasteiger partial charge is 0.251 e. The van der Waals surface area contributed by atoms with Crippen LogP contribution >= 0.6 is 0 Å². The van der Waals surface area contributed by atoms with Gasteiger partial charge in [0.25, 0.3) is 5.91 Å². The summed E-state index contributed by atoms with van der Waals surface area (Å²) in [5.74, 6) is 1.11. The molecule has 150 valence electrons. The third kappa shape index (κ3) is 6.01. The van der Waals surface area contributed by atoms with E-state index in [1.54, 1.807) is 20.3 Å². The molecule has 0 aliphatic heterocycles. The highest BCUT2D eigenvalue weighted by atomic mass is 16.5. The molecule has 2 amide bonds. The predicted octanol–water partition coefficient (Wildman–Crippen LogP) is 2.80. The third-order valence-electron chi connectivity index (χ3n) is 4.59. The van der Waals surface area contributed by atoms with Crippen LogP contribution in [0.15, 0.2) is 36.4 Å². The first-order valence-electron chi connectivity index (χ1n) is 9.27. The third-order valence-corrected chi connectivity index (χ3v) is 4.59. The van der Waals surface area contributed by atoms with Crippen LogP contribution in [0.2, 0.25) is 0 Å². The van der Waals surface area contributed by atoms with Gasteiger partial charge in [-0.25, -0.2) is 0 Å². The van der Waals surface area contributed by atoms with Crippen molar-refractivity contribution in [1.82, 2.24) is 10.6 Å². The minimum Gasteiger partial charge on any atom is -0.493 e. The fraction of sp³-hybridized carbons (Fsp3) is 0.364. The van der Waals surface area contributed by atoms with Crippen molar-refractivity contribution < 1.29 is 19.1 Å². The van der Waals surface area contributed by atoms with E-state index in [9.17, 15) is 9.59 Å². The number of carbonyl (C=O) groups excluding carboxylic acids is 2. The molecule has 2 aromatic carbocycles. The van der Waals surface area contributed by atoms with E-state index in [1.807, 2.05) is 44.2 Å². The SMILES string of the molecule is COc1ccc(CCC(=O)NCCNC(=O)c2ccc(C)c(C)c2)cc1OC. The first-order valence-corrected chi connectivity index (χ1v) is 9.27. The standard InChI is InChI=1S/C22H28N2O4/c1-15-5-8-18(13-16(15)2)22(26)24-12-11-23-21(25)10-7-17-6-9-19(27-3)20(14-17)28-4/h5-6,8-9,13-14H,7,10-12H2,1-4H3,(H,23,25)(H,24,26). The number of benzene rings is 2. The molecule has 2 rings (SSSR count). The van der Waals surface area contributed by atoms with Gasteiger partial charge in [0.05, 0.1) is 14.2 Å². The Balaban J connectivity index is 1.71. The second kappa shape index (κ2) is 10.3. The number of ether oxygens (including phenoxy) is 2. The molecule has 2 N–H and O–H groups in total. The molecule has 6 heteroatoms. The monoisotopic (exact) mass is 384 g/mol. The topological polar surface area (TPSA) is 76.7 Å². The first kappa shape index (κ1) is 21.3. The lowest BCUT2D eigenvalue weighted by molar-refractivity contribution is -0.121. The molecule has 28 heavy (non-hydrogen) atoms. The summed E-state index contributed by atoms with van der Waals surface area (Å²) < 4.78 is 10.5. The zero-order valence-corrected chi connectivity index (χ0v) is 16.9. The second-order valence-electron chi connectivity index (χ2n) is 6.59. The summed E-state index contributed by atoms with van der Waals surface area (Å²) in [5.41, 5.74) is 3.85. The van der Waals surface area contributed by atoms with Gasteiger partial charge in [-0.3, -0.25) is 9.59 Å². The molecule has 0 fully saturated rings. The zero-order valence-electron chi connectivity index (χ0n) is 16.9. The van der Waals surface area contributed by atoms with E-state index in [2.05, 4.69) is 10.6 Å². The van der Waals surface area contributed by atoms with Crippen LogP contribution < -0.4 is 20.1 Å². The maximum atomic E-state index is 12.1. The molecule has 0 radical (unpaired) electrons. The van der Waals surface area contributed by atoms with E-state index in [0.29, 0.717) is 43.0 Å². The van der Waals surface area contributed by atoms with Gasteiger partial charge in [0, 0.05) is 25.1 Å². The Hall–Kier alpha value is -3.02. The second-order valence-corrected chi connectivity index (χ2v) is 6.59. The van der Waals surface area contributed by atoms with Crippen LogP contribution in [-0.2, 0) is 11.2 Å². The van der Waals surface area contributed by atoms with E-state index < -0.39 is 0 Å². The predicted molar refractivity (Wildman–Crippen MR) is 109 cm³/mol. The van der Waals surface area contributed by atoms with Crippen molar-refractivity contribution >= 4 is 11.8 Å². The average Bonchev–Trinajstić information content (AvgIpc) is 2.71. The number of nitrogens with one attached hydrogen (secondary N) is 2. The van der Waals surface area contributed by atoms with Crippen molar-refractivity contribution in [2.75, 3.05) is 27.3 Å². The molecule has 0 saturated carbocycles. The first-order chi connectivity index (χ1) is 13.4. The highest BCUT2D eigenvalue weighted by Gasteiger charge is 2.08. The molecule has 0 atom stereocenters. The van der Waals surface area contributed by atoms with Crippen molar-refractivity contribution in [3.63, 3.8) is 0 Å². The Kier molecular flexibility index (Phi) is 7.87. The number of hydrogen-bond donors (Lipinski definition) is 2. The highest BCUT2D eigenvalue weighted by Crippen LogP contribution is 2.27. The number of amides is 2. The van der Waals surface area contributed by atoms with Gasteiger partial charge in [0.15, 0.2) is 11.5 Å². The minimum atomic E-state index is -0.136. The fourth-order valence-corrected chi connectivity index (χ4v) is 2.75. The van der Waals surface area contributed by atoms with E-state index in [-0.39, 0.29) is 11.8 Å². The van der Waals surface area contributed by atoms with Crippen LogP contribution in [0.25, 0.3) is 0 Å². The van der Waals surface area contributed by atoms with Crippen LogP contribution in [0, 0.1) is 13.8 Å². The van der Waals surface area contributed by atoms with Gasteiger partial charge < -0.3 is 20.1 Å². The van der Waals surface area contributed by atoms with E-state index in [0.717, 1.165) is 16.7 Å². The van der Waals surface area contributed by atoms with Crippen molar-refractivity contribution in [2.45, 2.75) is 26.7 Å². The van der Waals surface area contributed by atoms with Gasteiger partial charge in [-0.2, -0.15) is 0 Å². The van der Waals surface area contributed by atoms with Crippen LogP contribution in [0.4, 0.5) is 0 Å². The fourth-order valence-electron chi connectivity index (χ4n) is 2.75. The number of aryl methyl sites for hydroxylation is 3. The maximum absolute atomic E-state index is 12.1. The normalized spacial score (nSPS) is 10.3. The Bertz CT molecular complexity index is 833. The summed E-state index contributed by atoms with van der Waals surface area (Å²) in [6, 6.07) is 11.2. The zero-order chi connectivity index (χ0) is 20.5. The van der Waals surface area contributed by atoms with E-state index >= 15 is 0 Å². The number of methoxy groups -OCH3 is 2. The molecule has 0 aromatic heterocycles. The minimum absolute atomic E-state index is 0.0600.